The number of nitrogens with two attached hydrogens (primary N) is 1. The molecule has 0 aromatic carbocycles. The van der Waals surface area contributed by atoms with Gasteiger partial charge in [-0.25, -0.2) is 4.98 Å². The molecule has 0 radical (unpaired) electrons. The van der Waals surface area contributed by atoms with Crippen LogP contribution in [0, 0.1) is 5.92 Å². The second-order valence-corrected chi connectivity index (χ2v) is 5.71. The minimum atomic E-state index is 0.621. The van der Waals surface area contributed by atoms with Crippen LogP contribution in [0.4, 0.5) is 11.5 Å². The van der Waals surface area contributed by atoms with Crippen molar-refractivity contribution in [1.82, 2.24) is 9.88 Å². The number of rotatable bonds is 3. The van der Waals surface area contributed by atoms with Crippen molar-refractivity contribution in [3.63, 3.8) is 0 Å². The minimum absolute atomic E-state index is 0.621. The maximum absolute atomic E-state index is 6.20. The normalized spacial score (nSPS) is 21.3. The molecule has 98 valence electrons. The molecule has 3 rings (SSSR count). The van der Waals surface area contributed by atoms with Crippen LogP contribution in [0.5, 0.6) is 0 Å². The molecule has 2 heterocycles. The number of nitrogen functional groups attached to an aromatic ring is 1. The molecule has 2 N–H and O–H groups in total. The molecule has 2 aliphatic rings. The highest BCUT2D eigenvalue weighted by Crippen LogP contribution is 2.31. The van der Waals surface area contributed by atoms with E-state index in [2.05, 4.69) is 14.8 Å². The summed E-state index contributed by atoms with van der Waals surface area (Å²) in [5.74, 6) is 1.84. The van der Waals surface area contributed by atoms with Gasteiger partial charge in [-0.15, -0.1) is 0 Å². The molecule has 2 fully saturated rings. The molecule has 4 nitrogen and oxygen atoms in total. The van der Waals surface area contributed by atoms with E-state index >= 15 is 0 Å². The van der Waals surface area contributed by atoms with Gasteiger partial charge in [0.25, 0.3) is 0 Å². The topological polar surface area (TPSA) is 45.4 Å². The van der Waals surface area contributed by atoms with Gasteiger partial charge in [0.2, 0.25) is 0 Å². The summed E-state index contributed by atoms with van der Waals surface area (Å²) in [6.07, 6.45) is 4.52. The van der Waals surface area contributed by atoms with Gasteiger partial charge in [0, 0.05) is 32.7 Å². The Kier molecular flexibility index (Phi) is 3.31. The van der Waals surface area contributed by atoms with Crippen molar-refractivity contribution in [2.24, 2.45) is 5.92 Å². The average molecular weight is 267 g/mol. The Morgan fingerprint density at radius 3 is 2.61 bits per heavy atom. The molecule has 1 aromatic heterocycles. The predicted octanol–water partition coefficient (Wildman–Crippen LogP) is 1.85. The molecular weight excluding hydrogens is 248 g/mol. The van der Waals surface area contributed by atoms with Crippen LogP contribution in [0.2, 0.25) is 5.02 Å². The van der Waals surface area contributed by atoms with Gasteiger partial charge in [-0.3, -0.25) is 4.90 Å². The first kappa shape index (κ1) is 12.1. The van der Waals surface area contributed by atoms with Crippen molar-refractivity contribution in [3.8, 4) is 0 Å². The second kappa shape index (κ2) is 4.94. The lowest BCUT2D eigenvalue weighted by molar-refractivity contribution is 0.247. The third-order valence-electron chi connectivity index (χ3n) is 3.73. The molecule has 0 amide bonds. The van der Waals surface area contributed by atoms with Crippen LogP contribution in [0.15, 0.2) is 12.3 Å². The second-order valence-electron chi connectivity index (χ2n) is 5.31. The first-order chi connectivity index (χ1) is 8.72. The molecule has 0 atom stereocenters. The van der Waals surface area contributed by atoms with E-state index in [-0.39, 0.29) is 0 Å². The molecule has 0 unspecified atom stereocenters. The van der Waals surface area contributed by atoms with Crippen molar-refractivity contribution in [2.45, 2.75) is 12.8 Å². The van der Waals surface area contributed by atoms with Gasteiger partial charge in [0.1, 0.15) is 5.82 Å². The molecule has 5 heteroatoms. The van der Waals surface area contributed by atoms with Gasteiger partial charge in [-0.1, -0.05) is 11.6 Å². The van der Waals surface area contributed by atoms with E-state index in [9.17, 15) is 0 Å². The number of pyridine rings is 1. The molecule has 1 aliphatic carbocycles. The quantitative estimate of drug-likeness (QED) is 0.907. The van der Waals surface area contributed by atoms with Crippen molar-refractivity contribution in [3.05, 3.63) is 17.3 Å². The summed E-state index contributed by atoms with van der Waals surface area (Å²) in [7, 11) is 0. The monoisotopic (exact) mass is 266 g/mol. The van der Waals surface area contributed by atoms with Crippen LogP contribution in [-0.4, -0.2) is 42.6 Å². The number of nitrogens with zero attached hydrogens (tertiary/aromatic N) is 3. The Bertz CT molecular complexity index is 425. The molecule has 0 spiro atoms. The molecular formula is C13H19ClN4. The highest BCUT2D eigenvalue weighted by molar-refractivity contribution is 6.33. The number of hydrogen-bond acceptors (Lipinski definition) is 4. The van der Waals surface area contributed by atoms with Gasteiger partial charge in [0.05, 0.1) is 16.9 Å². The lowest BCUT2D eigenvalue weighted by atomic mass is 10.2. The van der Waals surface area contributed by atoms with E-state index in [1.165, 1.54) is 19.4 Å². The smallest absolute Gasteiger partial charge is 0.147 e. The lowest BCUT2D eigenvalue weighted by Gasteiger charge is -2.35. The summed E-state index contributed by atoms with van der Waals surface area (Å²) in [6.45, 7) is 5.50. The largest absolute Gasteiger partial charge is 0.397 e. The lowest BCUT2D eigenvalue weighted by Crippen LogP contribution is -2.47. The third-order valence-corrected chi connectivity index (χ3v) is 4.01. The summed E-state index contributed by atoms with van der Waals surface area (Å²) in [6, 6.07) is 1.78. The van der Waals surface area contributed by atoms with Gasteiger partial charge in [-0.05, 0) is 24.8 Å². The zero-order valence-corrected chi connectivity index (χ0v) is 11.2. The number of piperazine rings is 1. The van der Waals surface area contributed by atoms with Crippen LogP contribution in [0.3, 0.4) is 0 Å². The molecule has 1 aliphatic heterocycles. The molecule has 1 aromatic rings. The average Bonchev–Trinajstić information content (AvgIpc) is 3.15. The third kappa shape index (κ3) is 2.70. The van der Waals surface area contributed by atoms with Crippen LogP contribution in [0.1, 0.15) is 12.8 Å². The van der Waals surface area contributed by atoms with Crippen LogP contribution < -0.4 is 10.6 Å². The Labute approximate surface area is 113 Å². The predicted molar refractivity (Wildman–Crippen MR) is 75.0 cm³/mol. The fourth-order valence-electron chi connectivity index (χ4n) is 2.49. The molecule has 1 saturated heterocycles. The van der Waals surface area contributed by atoms with Crippen LogP contribution >= 0.6 is 11.6 Å². The minimum Gasteiger partial charge on any atom is -0.397 e. The Balaban J connectivity index is 1.60. The van der Waals surface area contributed by atoms with E-state index in [4.69, 9.17) is 17.3 Å². The molecule has 18 heavy (non-hydrogen) atoms. The van der Waals surface area contributed by atoms with Gasteiger partial charge in [0.15, 0.2) is 0 Å². The SMILES string of the molecule is Nc1cnc(N2CCN(CC3CC3)CC2)c(Cl)c1. The number of aromatic nitrogens is 1. The van der Waals surface area contributed by atoms with Gasteiger partial charge >= 0.3 is 0 Å². The maximum atomic E-state index is 6.20. The standard InChI is InChI=1S/C13H19ClN4/c14-12-7-11(15)8-16-13(12)18-5-3-17(4-6-18)9-10-1-2-10/h7-8,10H,1-6,9,15H2. The zero-order valence-electron chi connectivity index (χ0n) is 10.5. The number of hydrogen-bond donors (Lipinski definition) is 1. The van der Waals surface area contributed by atoms with Gasteiger partial charge in [-0.2, -0.15) is 0 Å². The highest BCUT2D eigenvalue weighted by atomic mass is 35.5. The molecule has 0 bridgehead atoms. The van der Waals surface area contributed by atoms with Crippen molar-refractivity contribution < 1.29 is 0 Å². The summed E-state index contributed by atoms with van der Waals surface area (Å²) in [5, 5.41) is 0.658. The van der Waals surface area contributed by atoms with Crippen LogP contribution in [0.25, 0.3) is 0 Å². The first-order valence-electron chi connectivity index (χ1n) is 6.60. The Hall–Kier alpha value is -1.00. The fourth-order valence-corrected chi connectivity index (χ4v) is 2.78. The van der Waals surface area contributed by atoms with E-state index in [1.54, 1.807) is 12.3 Å². The van der Waals surface area contributed by atoms with Crippen LogP contribution in [-0.2, 0) is 0 Å². The van der Waals surface area contributed by atoms with Crippen molar-refractivity contribution >= 4 is 23.1 Å². The summed E-state index contributed by atoms with van der Waals surface area (Å²) in [5.41, 5.74) is 6.29. The Morgan fingerprint density at radius 1 is 1.28 bits per heavy atom. The molecule has 1 saturated carbocycles. The first-order valence-corrected chi connectivity index (χ1v) is 6.98. The van der Waals surface area contributed by atoms with E-state index in [1.807, 2.05) is 0 Å². The maximum Gasteiger partial charge on any atom is 0.147 e. The van der Waals surface area contributed by atoms with Gasteiger partial charge < -0.3 is 10.6 Å². The summed E-state index contributed by atoms with van der Waals surface area (Å²) in [4.78, 5) is 9.16. The fraction of sp³-hybridized carbons (Fsp3) is 0.615. The summed E-state index contributed by atoms with van der Waals surface area (Å²) >= 11 is 6.20. The van der Waals surface area contributed by atoms with Crippen molar-refractivity contribution in [1.29, 1.82) is 0 Å². The Morgan fingerprint density at radius 2 is 2.00 bits per heavy atom. The van der Waals surface area contributed by atoms with E-state index < -0.39 is 0 Å². The summed E-state index contributed by atoms with van der Waals surface area (Å²) < 4.78 is 0. The highest BCUT2D eigenvalue weighted by Gasteiger charge is 2.27. The van der Waals surface area contributed by atoms with E-state index in [0.717, 1.165) is 37.9 Å². The zero-order chi connectivity index (χ0) is 12.5. The van der Waals surface area contributed by atoms with E-state index in [0.29, 0.717) is 10.7 Å². The number of halogens is 1. The van der Waals surface area contributed by atoms with Crippen molar-refractivity contribution in [2.75, 3.05) is 43.4 Å². The number of anilines is 2.